The molecule has 1 heterocycles. The minimum absolute atomic E-state index is 0.188. The third-order valence-corrected chi connectivity index (χ3v) is 3.94. The molecule has 4 nitrogen and oxygen atoms in total. The first-order chi connectivity index (χ1) is 9.73. The summed E-state index contributed by atoms with van der Waals surface area (Å²) in [6, 6.07) is 9.55. The molecule has 106 valence electrons. The van der Waals surface area contributed by atoms with Crippen molar-refractivity contribution in [2.75, 3.05) is 13.2 Å². The van der Waals surface area contributed by atoms with E-state index in [0.717, 1.165) is 11.3 Å². The largest absolute Gasteiger partial charge is 0.465 e. The van der Waals surface area contributed by atoms with Crippen molar-refractivity contribution in [3.05, 3.63) is 52.5 Å². The van der Waals surface area contributed by atoms with E-state index in [1.165, 1.54) is 11.3 Å². The van der Waals surface area contributed by atoms with E-state index in [1.54, 1.807) is 12.4 Å². The summed E-state index contributed by atoms with van der Waals surface area (Å²) >= 11 is 1.51. The maximum atomic E-state index is 12.5. The van der Waals surface area contributed by atoms with E-state index in [-0.39, 0.29) is 12.5 Å². The Labute approximate surface area is 122 Å². The predicted octanol–water partition coefficient (Wildman–Crippen LogP) is 2.15. The van der Waals surface area contributed by atoms with Crippen LogP contribution in [0.3, 0.4) is 0 Å². The highest BCUT2D eigenvalue weighted by atomic mass is 32.1. The lowest BCUT2D eigenvalue weighted by Crippen LogP contribution is -2.46. The molecule has 1 unspecified atom stereocenters. The zero-order chi connectivity index (χ0) is 14.4. The first kappa shape index (κ1) is 14.7. The Bertz CT molecular complexity index is 542. The molecule has 0 aliphatic carbocycles. The summed E-state index contributed by atoms with van der Waals surface area (Å²) in [6.07, 6.45) is 0.454. The van der Waals surface area contributed by atoms with Crippen molar-refractivity contribution in [2.45, 2.75) is 18.8 Å². The van der Waals surface area contributed by atoms with Crippen LogP contribution in [0.25, 0.3) is 0 Å². The molecule has 0 fully saturated rings. The third-order valence-electron chi connectivity index (χ3n) is 3.31. The second kappa shape index (κ2) is 6.63. The van der Waals surface area contributed by atoms with Crippen LogP contribution in [0.1, 0.15) is 18.2 Å². The Balaban J connectivity index is 2.43. The van der Waals surface area contributed by atoms with E-state index in [1.807, 2.05) is 35.7 Å². The molecule has 0 bridgehead atoms. The van der Waals surface area contributed by atoms with E-state index in [2.05, 4.69) is 4.98 Å². The molecule has 5 heteroatoms. The second-order valence-corrected chi connectivity index (χ2v) is 5.25. The number of hydrogen-bond acceptors (Lipinski definition) is 5. The average Bonchev–Trinajstić information content (AvgIpc) is 2.99. The van der Waals surface area contributed by atoms with Gasteiger partial charge in [0.05, 0.1) is 17.8 Å². The van der Waals surface area contributed by atoms with Crippen LogP contribution < -0.4 is 5.73 Å². The maximum Gasteiger partial charge on any atom is 0.318 e. The lowest BCUT2D eigenvalue weighted by Gasteiger charge is -2.30. The van der Waals surface area contributed by atoms with Gasteiger partial charge in [0.25, 0.3) is 0 Å². The van der Waals surface area contributed by atoms with E-state index >= 15 is 0 Å². The second-order valence-electron chi connectivity index (χ2n) is 4.53. The molecule has 0 aliphatic rings. The summed E-state index contributed by atoms with van der Waals surface area (Å²) in [5.74, 6) is -0.290. The zero-order valence-corrected chi connectivity index (χ0v) is 12.2. The van der Waals surface area contributed by atoms with E-state index in [4.69, 9.17) is 10.5 Å². The smallest absolute Gasteiger partial charge is 0.318 e. The molecule has 0 spiro atoms. The van der Waals surface area contributed by atoms with Gasteiger partial charge in [0.1, 0.15) is 5.41 Å². The van der Waals surface area contributed by atoms with Crippen LogP contribution in [0, 0.1) is 0 Å². The number of carbonyl (C=O) groups is 1. The molecule has 1 aromatic heterocycles. The molecule has 0 aliphatic heterocycles. The first-order valence-corrected chi connectivity index (χ1v) is 7.47. The van der Waals surface area contributed by atoms with Gasteiger partial charge in [-0.05, 0) is 12.5 Å². The van der Waals surface area contributed by atoms with E-state index < -0.39 is 5.41 Å². The van der Waals surface area contributed by atoms with Crippen LogP contribution in [0.15, 0.2) is 41.2 Å². The molecule has 0 saturated heterocycles. The van der Waals surface area contributed by atoms with Crippen LogP contribution in [-0.4, -0.2) is 24.1 Å². The lowest BCUT2D eigenvalue weighted by atomic mass is 9.76. The number of nitrogens with two attached hydrogens (primary N) is 1. The predicted molar refractivity (Wildman–Crippen MR) is 79.6 cm³/mol. The Morgan fingerprint density at radius 3 is 2.70 bits per heavy atom. The Hall–Kier alpha value is -1.72. The fourth-order valence-corrected chi connectivity index (χ4v) is 2.78. The highest BCUT2D eigenvalue weighted by molar-refractivity contribution is 7.07. The van der Waals surface area contributed by atoms with Gasteiger partial charge in [-0.1, -0.05) is 30.3 Å². The molecule has 2 aromatic rings. The fourth-order valence-electron chi connectivity index (χ4n) is 2.23. The van der Waals surface area contributed by atoms with Crippen molar-refractivity contribution < 1.29 is 9.53 Å². The van der Waals surface area contributed by atoms with Crippen molar-refractivity contribution in [3.8, 4) is 0 Å². The number of thiazole rings is 1. The van der Waals surface area contributed by atoms with Crippen LogP contribution in [0.4, 0.5) is 0 Å². The van der Waals surface area contributed by atoms with Gasteiger partial charge in [-0.15, -0.1) is 11.3 Å². The summed E-state index contributed by atoms with van der Waals surface area (Å²) in [5, 5.41) is 1.94. The Morgan fingerprint density at radius 2 is 2.15 bits per heavy atom. The first-order valence-electron chi connectivity index (χ1n) is 6.53. The molecule has 2 rings (SSSR count). The van der Waals surface area contributed by atoms with Gasteiger partial charge >= 0.3 is 5.97 Å². The minimum atomic E-state index is -0.870. The van der Waals surface area contributed by atoms with Crippen LogP contribution in [0.2, 0.25) is 0 Å². The summed E-state index contributed by atoms with van der Waals surface area (Å²) < 4.78 is 5.26. The van der Waals surface area contributed by atoms with E-state index in [9.17, 15) is 4.79 Å². The lowest BCUT2D eigenvalue weighted by molar-refractivity contribution is -0.149. The van der Waals surface area contributed by atoms with Gasteiger partial charge in [0, 0.05) is 18.3 Å². The molecule has 20 heavy (non-hydrogen) atoms. The van der Waals surface area contributed by atoms with E-state index in [0.29, 0.717) is 13.0 Å². The topological polar surface area (TPSA) is 65.2 Å². The van der Waals surface area contributed by atoms with Crippen molar-refractivity contribution in [1.82, 2.24) is 4.98 Å². The minimum Gasteiger partial charge on any atom is -0.465 e. The molecular weight excluding hydrogens is 272 g/mol. The number of hydrogen-bond donors (Lipinski definition) is 1. The normalized spacial score (nSPS) is 13.7. The van der Waals surface area contributed by atoms with Gasteiger partial charge in [0.2, 0.25) is 0 Å². The Morgan fingerprint density at radius 1 is 1.40 bits per heavy atom. The molecule has 2 N–H and O–H groups in total. The number of carbonyl (C=O) groups excluding carboxylic acids is 1. The summed E-state index contributed by atoms with van der Waals surface area (Å²) in [7, 11) is 0. The van der Waals surface area contributed by atoms with Crippen molar-refractivity contribution >= 4 is 17.3 Å². The molecule has 0 radical (unpaired) electrons. The van der Waals surface area contributed by atoms with Gasteiger partial charge in [-0.25, -0.2) is 4.98 Å². The monoisotopic (exact) mass is 290 g/mol. The maximum absolute atomic E-state index is 12.5. The van der Waals surface area contributed by atoms with Crippen molar-refractivity contribution in [3.63, 3.8) is 0 Å². The third kappa shape index (κ3) is 2.89. The number of rotatable bonds is 6. The number of nitrogens with zero attached hydrogens (tertiary/aromatic N) is 1. The number of benzene rings is 1. The highest BCUT2D eigenvalue weighted by Crippen LogP contribution is 2.29. The van der Waals surface area contributed by atoms with Crippen molar-refractivity contribution in [2.24, 2.45) is 5.73 Å². The molecule has 1 atom stereocenters. The van der Waals surface area contributed by atoms with Crippen LogP contribution in [-0.2, 0) is 21.4 Å². The summed E-state index contributed by atoms with van der Waals surface area (Å²) in [6.45, 7) is 2.32. The number of aromatic nitrogens is 1. The summed E-state index contributed by atoms with van der Waals surface area (Å²) in [4.78, 5) is 16.8. The quantitative estimate of drug-likeness (QED) is 0.828. The standard InChI is InChI=1S/C15H18N2O2S/c1-2-19-14(18)15(10-16,8-13-9-20-11-17-13)12-6-4-3-5-7-12/h3-7,9,11H,2,8,10,16H2,1H3. The summed E-state index contributed by atoms with van der Waals surface area (Å²) in [5.41, 5.74) is 8.58. The van der Waals surface area contributed by atoms with Gasteiger partial charge in [-0.2, -0.15) is 0 Å². The number of ether oxygens (including phenoxy) is 1. The zero-order valence-electron chi connectivity index (χ0n) is 11.4. The molecule has 0 amide bonds. The number of esters is 1. The average molecular weight is 290 g/mol. The molecule has 1 aromatic carbocycles. The molecule has 0 saturated carbocycles. The van der Waals surface area contributed by atoms with Crippen LogP contribution in [0.5, 0.6) is 0 Å². The van der Waals surface area contributed by atoms with Crippen LogP contribution >= 0.6 is 11.3 Å². The van der Waals surface area contributed by atoms with Gasteiger partial charge in [-0.3, -0.25) is 4.79 Å². The van der Waals surface area contributed by atoms with Crippen molar-refractivity contribution in [1.29, 1.82) is 0 Å². The van der Waals surface area contributed by atoms with Gasteiger partial charge < -0.3 is 10.5 Å². The fraction of sp³-hybridized carbons (Fsp3) is 0.333. The Kier molecular flexibility index (Phi) is 4.87. The van der Waals surface area contributed by atoms with Gasteiger partial charge in [0.15, 0.2) is 0 Å². The highest BCUT2D eigenvalue weighted by Gasteiger charge is 2.41. The SMILES string of the molecule is CCOC(=O)C(CN)(Cc1cscn1)c1ccccc1. The molecular formula is C15H18N2O2S.